The third kappa shape index (κ3) is 9.44. The summed E-state index contributed by atoms with van der Waals surface area (Å²) in [7, 11) is 0. The number of esters is 1. The lowest BCUT2D eigenvalue weighted by Crippen LogP contribution is -2.22. The highest BCUT2D eigenvalue weighted by atomic mass is 16.6. The Hall–Kier alpha value is -1.12. The number of carbonyl (C=O) groups is 2. The largest absolute Gasteiger partial charge is 0.457 e. The number of ether oxygens (including phenoxy) is 1. The summed E-state index contributed by atoms with van der Waals surface area (Å²) in [5.41, 5.74) is -0.507. The van der Waals surface area contributed by atoms with Gasteiger partial charge in [0.15, 0.2) is 5.78 Å². The van der Waals surface area contributed by atoms with Gasteiger partial charge >= 0.3 is 5.97 Å². The monoisotopic (exact) mass is 226 g/mol. The molecule has 0 atom stereocenters. The van der Waals surface area contributed by atoms with E-state index in [2.05, 4.69) is 6.92 Å². The van der Waals surface area contributed by atoms with Gasteiger partial charge in [0.25, 0.3) is 0 Å². The SMILES string of the molecule is CCCCCC(=O)/C=C/C(=O)OC(C)(C)C. The van der Waals surface area contributed by atoms with Gasteiger partial charge in [-0.05, 0) is 33.3 Å². The Morgan fingerprint density at radius 3 is 2.25 bits per heavy atom. The van der Waals surface area contributed by atoms with E-state index in [4.69, 9.17) is 4.74 Å². The van der Waals surface area contributed by atoms with E-state index in [1.54, 1.807) is 20.8 Å². The zero-order valence-corrected chi connectivity index (χ0v) is 10.7. The number of hydrogen-bond donors (Lipinski definition) is 0. The summed E-state index contributed by atoms with van der Waals surface area (Å²) in [6.45, 7) is 7.46. The van der Waals surface area contributed by atoms with E-state index in [0.29, 0.717) is 6.42 Å². The van der Waals surface area contributed by atoms with Gasteiger partial charge in [0.2, 0.25) is 0 Å². The summed E-state index contributed by atoms with van der Waals surface area (Å²) in [4.78, 5) is 22.5. The zero-order chi connectivity index (χ0) is 12.6. The first-order valence-corrected chi connectivity index (χ1v) is 5.79. The van der Waals surface area contributed by atoms with E-state index in [1.807, 2.05) is 0 Å². The summed E-state index contributed by atoms with van der Waals surface area (Å²) in [5, 5.41) is 0. The Balaban J connectivity index is 3.89. The van der Waals surface area contributed by atoms with Crippen LogP contribution >= 0.6 is 0 Å². The van der Waals surface area contributed by atoms with Gasteiger partial charge in [0, 0.05) is 12.5 Å². The highest BCUT2D eigenvalue weighted by molar-refractivity contribution is 5.95. The molecule has 0 rings (SSSR count). The van der Waals surface area contributed by atoms with Gasteiger partial charge in [-0.2, -0.15) is 0 Å². The fraction of sp³-hybridized carbons (Fsp3) is 0.692. The molecule has 0 amide bonds. The van der Waals surface area contributed by atoms with Crippen LogP contribution < -0.4 is 0 Å². The van der Waals surface area contributed by atoms with Crippen molar-refractivity contribution in [1.82, 2.24) is 0 Å². The van der Waals surface area contributed by atoms with Crippen LogP contribution in [-0.2, 0) is 14.3 Å². The van der Waals surface area contributed by atoms with Crippen LogP contribution in [-0.4, -0.2) is 17.4 Å². The second kappa shape index (κ2) is 7.20. The van der Waals surface area contributed by atoms with E-state index in [9.17, 15) is 9.59 Å². The van der Waals surface area contributed by atoms with Crippen molar-refractivity contribution in [3.8, 4) is 0 Å². The van der Waals surface area contributed by atoms with E-state index in [1.165, 1.54) is 12.2 Å². The Bertz CT molecular complexity index is 259. The van der Waals surface area contributed by atoms with Crippen LogP contribution in [0, 0.1) is 0 Å². The first-order chi connectivity index (χ1) is 7.35. The molecule has 0 aliphatic carbocycles. The van der Waals surface area contributed by atoms with Crippen molar-refractivity contribution in [2.45, 2.75) is 59.0 Å². The number of allylic oxidation sites excluding steroid dienone is 1. The van der Waals surface area contributed by atoms with E-state index in [0.717, 1.165) is 19.3 Å². The minimum atomic E-state index is -0.507. The van der Waals surface area contributed by atoms with E-state index in [-0.39, 0.29) is 5.78 Å². The maximum atomic E-state index is 11.3. The smallest absolute Gasteiger partial charge is 0.331 e. The van der Waals surface area contributed by atoms with Crippen molar-refractivity contribution in [2.24, 2.45) is 0 Å². The second-order valence-corrected chi connectivity index (χ2v) is 4.79. The first kappa shape index (κ1) is 14.9. The van der Waals surface area contributed by atoms with E-state index < -0.39 is 11.6 Å². The highest BCUT2D eigenvalue weighted by Crippen LogP contribution is 2.07. The number of carbonyl (C=O) groups excluding carboxylic acids is 2. The van der Waals surface area contributed by atoms with Crippen LogP contribution in [0.4, 0.5) is 0 Å². The number of rotatable bonds is 6. The van der Waals surface area contributed by atoms with Gasteiger partial charge in [-0.25, -0.2) is 4.79 Å². The Morgan fingerprint density at radius 2 is 1.75 bits per heavy atom. The average Bonchev–Trinajstić information content (AvgIpc) is 2.12. The molecule has 3 nitrogen and oxygen atoms in total. The summed E-state index contributed by atoms with van der Waals surface area (Å²) >= 11 is 0. The minimum Gasteiger partial charge on any atom is -0.457 e. The Labute approximate surface area is 97.9 Å². The van der Waals surface area contributed by atoms with Gasteiger partial charge in [0.1, 0.15) is 5.60 Å². The molecule has 0 radical (unpaired) electrons. The van der Waals surface area contributed by atoms with Crippen molar-refractivity contribution < 1.29 is 14.3 Å². The quantitative estimate of drug-likeness (QED) is 0.397. The fourth-order valence-corrected chi connectivity index (χ4v) is 1.13. The topological polar surface area (TPSA) is 43.4 Å². The van der Waals surface area contributed by atoms with Crippen LogP contribution in [0.15, 0.2) is 12.2 Å². The van der Waals surface area contributed by atoms with Crippen LogP contribution in [0.1, 0.15) is 53.4 Å². The summed E-state index contributed by atoms with van der Waals surface area (Å²) in [5.74, 6) is -0.476. The maximum absolute atomic E-state index is 11.3. The molecule has 0 N–H and O–H groups in total. The summed E-state index contributed by atoms with van der Waals surface area (Å²) in [6.07, 6.45) is 6.04. The van der Waals surface area contributed by atoms with Crippen LogP contribution in [0.2, 0.25) is 0 Å². The number of ketones is 1. The first-order valence-electron chi connectivity index (χ1n) is 5.79. The van der Waals surface area contributed by atoms with Crippen molar-refractivity contribution in [2.75, 3.05) is 0 Å². The lowest BCUT2D eigenvalue weighted by atomic mass is 10.1. The normalized spacial score (nSPS) is 11.8. The zero-order valence-electron chi connectivity index (χ0n) is 10.7. The fourth-order valence-electron chi connectivity index (χ4n) is 1.13. The third-order valence-electron chi connectivity index (χ3n) is 1.84. The molecule has 3 heteroatoms. The molecule has 0 bridgehead atoms. The van der Waals surface area contributed by atoms with Crippen LogP contribution in [0.25, 0.3) is 0 Å². The molecule has 16 heavy (non-hydrogen) atoms. The van der Waals surface area contributed by atoms with Gasteiger partial charge in [0.05, 0.1) is 0 Å². The third-order valence-corrected chi connectivity index (χ3v) is 1.84. The lowest BCUT2D eigenvalue weighted by molar-refractivity contribution is -0.148. The molecule has 0 aromatic heterocycles. The van der Waals surface area contributed by atoms with Crippen LogP contribution in [0.5, 0.6) is 0 Å². The van der Waals surface area contributed by atoms with Gasteiger partial charge in [-0.1, -0.05) is 19.8 Å². The molecular formula is C13H22O3. The molecule has 0 fully saturated rings. The average molecular weight is 226 g/mol. The van der Waals surface area contributed by atoms with Crippen molar-refractivity contribution in [3.05, 3.63) is 12.2 Å². The van der Waals surface area contributed by atoms with Crippen molar-refractivity contribution >= 4 is 11.8 Å². The molecule has 92 valence electrons. The molecule has 0 aromatic rings. The number of unbranched alkanes of at least 4 members (excludes halogenated alkanes) is 2. The maximum Gasteiger partial charge on any atom is 0.331 e. The van der Waals surface area contributed by atoms with Gasteiger partial charge < -0.3 is 4.74 Å². The predicted molar refractivity (Wildman–Crippen MR) is 64.1 cm³/mol. The molecule has 0 spiro atoms. The standard InChI is InChI=1S/C13H22O3/c1-5-6-7-8-11(14)9-10-12(15)16-13(2,3)4/h9-10H,5-8H2,1-4H3/b10-9+. The minimum absolute atomic E-state index is 0.0145. The molecule has 0 saturated carbocycles. The molecular weight excluding hydrogens is 204 g/mol. The Morgan fingerprint density at radius 1 is 1.12 bits per heavy atom. The van der Waals surface area contributed by atoms with Gasteiger partial charge in [-0.15, -0.1) is 0 Å². The summed E-state index contributed by atoms with van der Waals surface area (Å²) < 4.78 is 5.04. The molecule has 0 aliphatic rings. The predicted octanol–water partition coefficient (Wildman–Crippen LogP) is 3.03. The lowest BCUT2D eigenvalue weighted by Gasteiger charge is -2.17. The second-order valence-electron chi connectivity index (χ2n) is 4.79. The molecule has 0 unspecified atom stereocenters. The van der Waals surface area contributed by atoms with Crippen molar-refractivity contribution in [3.63, 3.8) is 0 Å². The molecule has 0 aromatic carbocycles. The molecule has 0 aliphatic heterocycles. The van der Waals surface area contributed by atoms with Gasteiger partial charge in [-0.3, -0.25) is 4.79 Å². The number of hydrogen-bond acceptors (Lipinski definition) is 3. The van der Waals surface area contributed by atoms with Crippen molar-refractivity contribution in [1.29, 1.82) is 0 Å². The molecule has 0 heterocycles. The summed E-state index contributed by atoms with van der Waals surface area (Å²) in [6, 6.07) is 0. The Kier molecular flexibility index (Phi) is 6.70. The molecule has 0 saturated heterocycles. The highest BCUT2D eigenvalue weighted by Gasteiger charge is 2.14. The van der Waals surface area contributed by atoms with E-state index >= 15 is 0 Å². The van der Waals surface area contributed by atoms with Crippen LogP contribution in [0.3, 0.4) is 0 Å².